The molecule has 2 aliphatic rings. The lowest BCUT2D eigenvalue weighted by Crippen LogP contribution is -2.53. The van der Waals surface area contributed by atoms with Crippen molar-refractivity contribution in [2.45, 2.75) is 18.4 Å². The third-order valence-electron chi connectivity index (χ3n) is 6.03. The Kier molecular flexibility index (Phi) is 4.32. The molecule has 0 bridgehead atoms. The average Bonchev–Trinajstić information content (AvgIpc) is 3.44. The minimum Gasteiger partial charge on any atom is -0.380 e. The van der Waals surface area contributed by atoms with Crippen molar-refractivity contribution < 1.29 is 14.7 Å². The van der Waals surface area contributed by atoms with Gasteiger partial charge in [-0.05, 0) is 30.4 Å². The van der Waals surface area contributed by atoms with E-state index in [1.165, 1.54) is 6.20 Å². The molecule has 0 spiro atoms. The molecule has 1 saturated carbocycles. The summed E-state index contributed by atoms with van der Waals surface area (Å²) >= 11 is 0. The highest BCUT2D eigenvalue weighted by molar-refractivity contribution is 5.93. The number of rotatable bonds is 3. The second-order valence-electron chi connectivity index (χ2n) is 8.10. The van der Waals surface area contributed by atoms with Gasteiger partial charge in [0.2, 0.25) is 0 Å². The summed E-state index contributed by atoms with van der Waals surface area (Å²) in [7, 11) is 2.00. The topological polar surface area (TPSA) is 91.6 Å². The molecule has 8 nitrogen and oxygen atoms in total. The zero-order valence-corrected chi connectivity index (χ0v) is 16.8. The first kappa shape index (κ1) is 18.7. The van der Waals surface area contributed by atoms with Crippen molar-refractivity contribution in [1.82, 2.24) is 24.3 Å². The number of nitrogens with zero attached hydrogens (tertiary/aromatic N) is 5. The van der Waals surface area contributed by atoms with Crippen molar-refractivity contribution >= 4 is 22.7 Å². The van der Waals surface area contributed by atoms with Gasteiger partial charge in [-0.25, -0.2) is 4.98 Å². The first-order chi connectivity index (χ1) is 14.4. The fraction of sp³-hybridized carbons (Fsp3) is 0.364. The van der Waals surface area contributed by atoms with Crippen molar-refractivity contribution in [2.24, 2.45) is 7.05 Å². The van der Waals surface area contributed by atoms with Gasteiger partial charge in [0.05, 0.1) is 18.1 Å². The molecular weight excluding hydrogens is 382 g/mol. The number of carbonyl (C=O) groups is 2. The Morgan fingerprint density at radius 2 is 1.73 bits per heavy atom. The number of aliphatic hydroxyl groups is 1. The Bertz CT molecular complexity index is 1130. The van der Waals surface area contributed by atoms with Crippen LogP contribution < -0.4 is 0 Å². The van der Waals surface area contributed by atoms with Gasteiger partial charge in [0.25, 0.3) is 11.8 Å². The summed E-state index contributed by atoms with van der Waals surface area (Å²) < 4.78 is 2.05. The van der Waals surface area contributed by atoms with Crippen LogP contribution in [-0.4, -0.2) is 73.0 Å². The maximum atomic E-state index is 12.8. The monoisotopic (exact) mass is 405 g/mol. The van der Waals surface area contributed by atoms with E-state index in [0.29, 0.717) is 50.4 Å². The third kappa shape index (κ3) is 3.23. The van der Waals surface area contributed by atoms with Gasteiger partial charge in [-0.15, -0.1) is 0 Å². The van der Waals surface area contributed by atoms with Gasteiger partial charge >= 0.3 is 0 Å². The smallest absolute Gasteiger partial charge is 0.274 e. The quantitative estimate of drug-likeness (QED) is 0.712. The fourth-order valence-corrected chi connectivity index (χ4v) is 3.91. The van der Waals surface area contributed by atoms with Crippen LogP contribution in [0.3, 0.4) is 0 Å². The Hall–Kier alpha value is -3.26. The molecule has 5 rings (SSSR count). The molecule has 154 valence electrons. The van der Waals surface area contributed by atoms with E-state index >= 15 is 0 Å². The van der Waals surface area contributed by atoms with Crippen molar-refractivity contribution in [3.8, 4) is 11.3 Å². The summed E-state index contributed by atoms with van der Waals surface area (Å²) in [5, 5.41) is 11.2. The van der Waals surface area contributed by atoms with Gasteiger partial charge in [-0.3, -0.25) is 14.6 Å². The van der Waals surface area contributed by atoms with Crippen molar-refractivity contribution in [3.05, 3.63) is 48.5 Å². The van der Waals surface area contributed by atoms with Crippen molar-refractivity contribution in [2.75, 3.05) is 26.2 Å². The first-order valence-corrected chi connectivity index (χ1v) is 10.1. The molecule has 3 aromatic rings. The summed E-state index contributed by atoms with van der Waals surface area (Å²) in [4.78, 5) is 37.1. The van der Waals surface area contributed by atoms with Crippen LogP contribution in [0.1, 0.15) is 23.3 Å². The van der Waals surface area contributed by atoms with Crippen LogP contribution >= 0.6 is 0 Å². The standard InChI is InChI=1S/C22H23N5O3/c1-25-7-4-15-2-3-16(12-19(15)25)17-13-24-18(14-23-17)20(28)26-8-10-27(11-9-26)21(29)22(30)5-6-22/h2-4,7,12-14,30H,5-6,8-11H2,1H3. The molecule has 1 aliphatic heterocycles. The van der Waals surface area contributed by atoms with E-state index in [-0.39, 0.29) is 11.8 Å². The third-order valence-corrected chi connectivity index (χ3v) is 6.03. The normalized spacial score (nSPS) is 17.9. The van der Waals surface area contributed by atoms with E-state index in [0.717, 1.165) is 16.5 Å². The maximum Gasteiger partial charge on any atom is 0.274 e. The minimum absolute atomic E-state index is 0.191. The second-order valence-corrected chi connectivity index (χ2v) is 8.10. The number of hydrogen-bond acceptors (Lipinski definition) is 5. The lowest BCUT2D eigenvalue weighted by atomic mass is 10.1. The van der Waals surface area contributed by atoms with Crippen molar-refractivity contribution in [3.63, 3.8) is 0 Å². The van der Waals surface area contributed by atoms with E-state index in [1.807, 2.05) is 25.4 Å². The van der Waals surface area contributed by atoms with Crippen LogP contribution in [0, 0.1) is 0 Å². The van der Waals surface area contributed by atoms with E-state index in [4.69, 9.17) is 0 Å². The first-order valence-electron chi connectivity index (χ1n) is 10.1. The molecule has 1 aliphatic carbocycles. The SMILES string of the molecule is Cn1ccc2ccc(-c3cnc(C(=O)N4CCN(C(=O)C5(O)CC5)CC4)cn3)cc21. The fourth-order valence-electron chi connectivity index (χ4n) is 3.91. The molecular formula is C22H23N5O3. The highest BCUT2D eigenvalue weighted by atomic mass is 16.3. The molecule has 30 heavy (non-hydrogen) atoms. The Morgan fingerprint density at radius 3 is 2.40 bits per heavy atom. The predicted molar refractivity (Wildman–Crippen MR) is 111 cm³/mol. The number of fused-ring (bicyclic) bond motifs is 1. The van der Waals surface area contributed by atoms with Crippen LogP contribution in [-0.2, 0) is 11.8 Å². The zero-order chi connectivity index (χ0) is 20.9. The Labute approximate surface area is 173 Å². The molecule has 3 heterocycles. The zero-order valence-electron chi connectivity index (χ0n) is 16.8. The van der Waals surface area contributed by atoms with E-state index in [9.17, 15) is 14.7 Å². The number of aromatic nitrogens is 3. The van der Waals surface area contributed by atoms with Gasteiger partial charge in [-0.2, -0.15) is 0 Å². The Morgan fingerprint density at radius 1 is 1.00 bits per heavy atom. The van der Waals surface area contributed by atoms with Crippen LogP contribution in [0.2, 0.25) is 0 Å². The molecule has 0 unspecified atom stereocenters. The molecule has 1 N–H and O–H groups in total. The van der Waals surface area contributed by atoms with Gasteiger partial charge in [-0.1, -0.05) is 12.1 Å². The highest BCUT2D eigenvalue weighted by Gasteiger charge is 2.50. The second kappa shape index (κ2) is 6.91. The number of aryl methyl sites for hydroxylation is 1. The number of carbonyl (C=O) groups excluding carboxylic acids is 2. The molecule has 2 amide bonds. The largest absolute Gasteiger partial charge is 0.380 e. The van der Waals surface area contributed by atoms with Crippen molar-refractivity contribution in [1.29, 1.82) is 0 Å². The lowest BCUT2D eigenvalue weighted by Gasteiger charge is -2.35. The minimum atomic E-state index is -1.16. The van der Waals surface area contributed by atoms with Gasteiger partial charge in [0.1, 0.15) is 11.3 Å². The summed E-state index contributed by atoms with van der Waals surface area (Å²) in [5.41, 5.74) is 1.90. The molecule has 0 radical (unpaired) electrons. The molecule has 8 heteroatoms. The number of piperazine rings is 1. The van der Waals surface area contributed by atoms with Gasteiger partial charge in [0.15, 0.2) is 0 Å². The van der Waals surface area contributed by atoms with Gasteiger partial charge < -0.3 is 19.5 Å². The van der Waals surface area contributed by atoms with Crippen LogP contribution in [0.15, 0.2) is 42.9 Å². The summed E-state index contributed by atoms with van der Waals surface area (Å²) in [6.45, 7) is 1.70. The van der Waals surface area contributed by atoms with Crippen LogP contribution in [0.25, 0.3) is 22.2 Å². The molecule has 0 atom stereocenters. The molecule has 2 fully saturated rings. The molecule has 1 saturated heterocycles. The summed E-state index contributed by atoms with van der Waals surface area (Å²) in [5.74, 6) is -0.405. The molecule has 2 aromatic heterocycles. The average molecular weight is 405 g/mol. The predicted octanol–water partition coefficient (Wildman–Crippen LogP) is 1.44. The van der Waals surface area contributed by atoms with E-state index < -0.39 is 5.60 Å². The Balaban J connectivity index is 1.26. The van der Waals surface area contributed by atoms with Crippen LogP contribution in [0.5, 0.6) is 0 Å². The van der Waals surface area contributed by atoms with E-state index in [2.05, 4.69) is 26.7 Å². The van der Waals surface area contributed by atoms with Gasteiger partial charge in [0, 0.05) is 50.5 Å². The van der Waals surface area contributed by atoms with Crippen LogP contribution in [0.4, 0.5) is 0 Å². The maximum absolute atomic E-state index is 12.8. The van der Waals surface area contributed by atoms with E-state index in [1.54, 1.807) is 16.0 Å². The number of amides is 2. The molecule has 1 aromatic carbocycles. The number of benzene rings is 1. The summed E-state index contributed by atoms with van der Waals surface area (Å²) in [6.07, 6.45) is 6.21. The number of hydrogen-bond donors (Lipinski definition) is 1. The summed E-state index contributed by atoms with van der Waals surface area (Å²) in [6, 6.07) is 8.16. The lowest BCUT2D eigenvalue weighted by molar-refractivity contribution is -0.143. The highest BCUT2D eigenvalue weighted by Crippen LogP contribution is 2.37.